The Labute approximate surface area is 152 Å². The van der Waals surface area contributed by atoms with E-state index in [9.17, 15) is 0 Å². The molecule has 4 aromatic rings. The third-order valence-electron chi connectivity index (χ3n) is 3.84. The molecule has 3 heterocycles. The summed E-state index contributed by atoms with van der Waals surface area (Å²) in [5.41, 5.74) is 6.55. The molecule has 0 saturated heterocycles. The zero-order valence-corrected chi connectivity index (χ0v) is 15.8. The molecule has 1 aromatic carbocycles. The Balaban J connectivity index is 0.00000169. The van der Waals surface area contributed by atoms with Crippen LogP contribution in [0.3, 0.4) is 0 Å². The molecule has 0 bridgehead atoms. The molecule has 1 radical (unpaired) electrons. The fourth-order valence-corrected chi connectivity index (χ4v) is 3.02. The van der Waals surface area contributed by atoms with E-state index in [1.807, 2.05) is 4.57 Å². The standard InChI is InChI=1S/C17H14N5O.Ir/c1-10-4-11(2)16(12(3)5-10)22-8-20-21-17(22)13-6-18-7-14-15(13)19-9-23-14;/h4-5,7-9H,1-3H3;/q-1;. The monoisotopic (exact) mass is 497 g/mol. The van der Waals surface area contributed by atoms with Crippen molar-refractivity contribution in [3.8, 4) is 17.1 Å². The molecule has 3 aromatic heterocycles. The van der Waals surface area contributed by atoms with Crippen LogP contribution in [-0.4, -0.2) is 24.7 Å². The third kappa shape index (κ3) is 2.56. The van der Waals surface area contributed by atoms with E-state index in [1.54, 1.807) is 12.5 Å². The van der Waals surface area contributed by atoms with Crippen LogP contribution in [0.5, 0.6) is 0 Å². The molecule has 0 saturated carbocycles. The molecule has 0 unspecified atom stereocenters. The summed E-state index contributed by atoms with van der Waals surface area (Å²) in [6.45, 7) is 6.25. The summed E-state index contributed by atoms with van der Waals surface area (Å²) in [6.07, 6.45) is 7.65. The van der Waals surface area contributed by atoms with Crippen LogP contribution in [0.15, 0.2) is 35.5 Å². The van der Waals surface area contributed by atoms with Crippen molar-refractivity contribution in [3.63, 3.8) is 0 Å². The van der Waals surface area contributed by atoms with Crippen LogP contribution < -0.4 is 0 Å². The number of pyridine rings is 1. The van der Waals surface area contributed by atoms with Gasteiger partial charge in [-0.25, -0.2) is 0 Å². The third-order valence-corrected chi connectivity index (χ3v) is 3.84. The van der Waals surface area contributed by atoms with Gasteiger partial charge >= 0.3 is 0 Å². The Hall–Kier alpha value is -2.37. The van der Waals surface area contributed by atoms with Crippen molar-refractivity contribution in [3.05, 3.63) is 53.9 Å². The molecule has 7 heteroatoms. The molecule has 0 aliphatic rings. The number of rotatable bonds is 2. The average molecular weight is 497 g/mol. The topological polar surface area (TPSA) is 69.6 Å². The molecular weight excluding hydrogens is 482 g/mol. The van der Waals surface area contributed by atoms with Crippen molar-refractivity contribution in [2.45, 2.75) is 20.8 Å². The van der Waals surface area contributed by atoms with Gasteiger partial charge in [0.2, 0.25) is 0 Å². The summed E-state index contributed by atoms with van der Waals surface area (Å²) < 4.78 is 7.26. The Morgan fingerprint density at radius 2 is 1.88 bits per heavy atom. The Morgan fingerprint density at radius 3 is 2.62 bits per heavy atom. The van der Waals surface area contributed by atoms with Crippen molar-refractivity contribution in [1.29, 1.82) is 0 Å². The first-order chi connectivity index (χ1) is 11.1. The Kier molecular flexibility index (Phi) is 4.30. The number of hydrogen-bond donors (Lipinski definition) is 0. The van der Waals surface area contributed by atoms with E-state index in [0.29, 0.717) is 22.5 Å². The predicted octanol–water partition coefficient (Wildman–Crippen LogP) is 3.19. The van der Waals surface area contributed by atoms with Crippen molar-refractivity contribution < 1.29 is 24.5 Å². The van der Waals surface area contributed by atoms with Crippen LogP contribution in [0, 0.1) is 27.0 Å². The quantitative estimate of drug-likeness (QED) is 0.399. The van der Waals surface area contributed by atoms with E-state index in [0.717, 1.165) is 16.8 Å². The molecule has 24 heavy (non-hydrogen) atoms. The summed E-state index contributed by atoms with van der Waals surface area (Å²) in [5, 5.41) is 8.33. The van der Waals surface area contributed by atoms with Gasteiger partial charge in [-0.2, -0.15) is 5.10 Å². The Bertz CT molecular complexity index is 998. The van der Waals surface area contributed by atoms with Gasteiger partial charge in [-0.1, -0.05) is 23.3 Å². The van der Waals surface area contributed by atoms with Crippen LogP contribution in [0.2, 0.25) is 0 Å². The maximum atomic E-state index is 5.31. The second-order valence-corrected chi connectivity index (χ2v) is 5.58. The smallest absolute Gasteiger partial charge is 0.170 e. The van der Waals surface area contributed by atoms with Crippen molar-refractivity contribution in [2.24, 2.45) is 0 Å². The fourth-order valence-electron chi connectivity index (χ4n) is 3.02. The molecule has 0 N–H and O–H groups in total. The van der Waals surface area contributed by atoms with E-state index >= 15 is 0 Å². The molecule has 6 nitrogen and oxygen atoms in total. The van der Waals surface area contributed by atoms with Crippen LogP contribution in [0.4, 0.5) is 0 Å². The number of hydrogen-bond acceptors (Lipinski definition) is 5. The van der Waals surface area contributed by atoms with Gasteiger partial charge in [-0.3, -0.25) is 4.98 Å². The number of fused-ring (bicyclic) bond motifs is 1. The maximum absolute atomic E-state index is 5.31. The first-order valence-electron chi connectivity index (χ1n) is 7.23. The molecule has 0 fully saturated rings. The largest absolute Gasteiger partial charge is 0.462 e. The minimum absolute atomic E-state index is 0. The minimum atomic E-state index is 0. The fraction of sp³-hybridized carbons (Fsp3) is 0.176. The summed E-state index contributed by atoms with van der Waals surface area (Å²) >= 11 is 0. The first-order valence-corrected chi connectivity index (χ1v) is 7.23. The Morgan fingerprint density at radius 1 is 1.12 bits per heavy atom. The summed E-state index contributed by atoms with van der Waals surface area (Å²) in [4.78, 5) is 8.34. The average Bonchev–Trinajstić information content (AvgIpc) is 3.14. The van der Waals surface area contributed by atoms with Gasteiger partial charge in [0.1, 0.15) is 6.33 Å². The normalized spacial score (nSPS) is 10.8. The number of nitrogens with zero attached hydrogens (tertiary/aromatic N) is 5. The van der Waals surface area contributed by atoms with Crippen molar-refractivity contribution in [2.75, 3.05) is 0 Å². The molecule has 0 atom stereocenters. The van der Waals surface area contributed by atoms with E-state index in [1.165, 1.54) is 12.0 Å². The molecule has 0 aliphatic heterocycles. The van der Waals surface area contributed by atoms with Gasteiger partial charge in [-0.05, 0) is 44.3 Å². The summed E-state index contributed by atoms with van der Waals surface area (Å²) in [5.74, 6) is 0.645. The SMILES string of the molecule is Cc1cc(C)c(-n2cnnc2-c2[c-]ncc3ocnc23)c(C)c1.[Ir]. The van der Waals surface area contributed by atoms with Crippen molar-refractivity contribution in [1.82, 2.24) is 24.7 Å². The maximum Gasteiger partial charge on any atom is 0.170 e. The van der Waals surface area contributed by atoms with E-state index in [4.69, 9.17) is 4.42 Å². The second-order valence-electron chi connectivity index (χ2n) is 5.58. The molecule has 0 aliphatic carbocycles. The number of benzene rings is 1. The summed E-state index contributed by atoms with van der Waals surface area (Å²) in [6, 6.07) is 4.29. The van der Waals surface area contributed by atoms with Crippen molar-refractivity contribution >= 4 is 11.1 Å². The van der Waals surface area contributed by atoms with E-state index < -0.39 is 0 Å². The van der Waals surface area contributed by atoms with E-state index in [2.05, 4.69) is 59.3 Å². The van der Waals surface area contributed by atoms with Gasteiger partial charge in [0.05, 0.1) is 11.4 Å². The second kappa shape index (κ2) is 6.26. The van der Waals surface area contributed by atoms with Gasteiger partial charge in [0, 0.05) is 31.3 Å². The molecule has 123 valence electrons. The zero-order chi connectivity index (χ0) is 16.0. The van der Waals surface area contributed by atoms with Gasteiger partial charge in [0.15, 0.2) is 6.39 Å². The molecule has 0 amide bonds. The van der Waals surface area contributed by atoms with E-state index in [-0.39, 0.29) is 20.1 Å². The molecular formula is C17H14IrN5O-. The zero-order valence-electron chi connectivity index (χ0n) is 13.4. The number of aryl methyl sites for hydroxylation is 3. The van der Waals surface area contributed by atoms with Gasteiger partial charge < -0.3 is 14.0 Å². The minimum Gasteiger partial charge on any atom is -0.462 e. The molecule has 4 rings (SSSR count). The number of aromatic nitrogens is 5. The van der Waals surface area contributed by atoms with Gasteiger partial charge in [0.25, 0.3) is 0 Å². The van der Waals surface area contributed by atoms with Crippen LogP contribution in [0.1, 0.15) is 16.7 Å². The van der Waals surface area contributed by atoms with Crippen LogP contribution in [0.25, 0.3) is 28.2 Å². The van der Waals surface area contributed by atoms with Crippen LogP contribution in [-0.2, 0) is 20.1 Å². The van der Waals surface area contributed by atoms with Gasteiger partial charge in [-0.15, -0.1) is 5.10 Å². The number of oxazole rings is 1. The molecule has 0 spiro atoms. The van der Waals surface area contributed by atoms with Crippen LogP contribution >= 0.6 is 0 Å². The summed E-state index contributed by atoms with van der Waals surface area (Å²) in [7, 11) is 0. The first kappa shape index (κ1) is 16.5. The predicted molar refractivity (Wildman–Crippen MR) is 85.2 cm³/mol.